The molecule has 7 heteroatoms. The van der Waals surface area contributed by atoms with Gasteiger partial charge in [-0.2, -0.15) is 10.1 Å². The summed E-state index contributed by atoms with van der Waals surface area (Å²) in [5.74, 6) is 0.324. The first-order valence-corrected chi connectivity index (χ1v) is 6.95. The van der Waals surface area contributed by atoms with E-state index >= 15 is 0 Å². The molecule has 0 aliphatic carbocycles. The van der Waals surface area contributed by atoms with Crippen LogP contribution in [-0.2, 0) is 9.53 Å². The van der Waals surface area contributed by atoms with Crippen LogP contribution < -0.4 is 5.32 Å². The van der Waals surface area contributed by atoms with Gasteiger partial charge in [0.1, 0.15) is 18.1 Å². The molecule has 0 unspecified atom stereocenters. The summed E-state index contributed by atoms with van der Waals surface area (Å²) in [5.41, 5.74) is 1.97. The number of esters is 1. The molecule has 0 amide bonds. The van der Waals surface area contributed by atoms with Crippen LogP contribution in [0.2, 0.25) is 0 Å². The lowest BCUT2D eigenvalue weighted by Crippen LogP contribution is -2.29. The standard InChI is InChI=1S/C15H16N4O3/c1-3-22-14(21)12-9(2)18-15-16-8-17-19(15)13(12)10-4-6-11(20)7-5-10/h4-8,13,20H,3H2,1-2H3,(H,16,17,18)/t13-/m1/s1. The summed E-state index contributed by atoms with van der Waals surface area (Å²) in [6.45, 7) is 3.86. The predicted molar refractivity (Wildman–Crippen MR) is 79.2 cm³/mol. The zero-order valence-electron chi connectivity index (χ0n) is 12.3. The van der Waals surface area contributed by atoms with Crippen LogP contribution in [0.4, 0.5) is 5.95 Å². The Labute approximate surface area is 127 Å². The van der Waals surface area contributed by atoms with Crippen LogP contribution in [-0.4, -0.2) is 32.4 Å². The van der Waals surface area contributed by atoms with E-state index in [1.807, 2.05) is 0 Å². The molecule has 0 fully saturated rings. The molecule has 3 rings (SSSR count). The third-order valence-corrected chi connectivity index (χ3v) is 3.50. The Balaban J connectivity index is 2.13. The number of hydrogen-bond donors (Lipinski definition) is 2. The van der Waals surface area contributed by atoms with Crippen molar-refractivity contribution in [3.05, 3.63) is 47.4 Å². The maximum absolute atomic E-state index is 12.4. The number of anilines is 1. The van der Waals surface area contributed by atoms with Gasteiger partial charge in [-0.05, 0) is 31.5 Å². The number of rotatable bonds is 3. The number of phenols is 1. The minimum absolute atomic E-state index is 0.162. The highest BCUT2D eigenvalue weighted by molar-refractivity contribution is 5.92. The number of nitrogens with one attached hydrogen (secondary N) is 1. The van der Waals surface area contributed by atoms with Crippen molar-refractivity contribution in [3.63, 3.8) is 0 Å². The van der Waals surface area contributed by atoms with Gasteiger partial charge in [0, 0.05) is 5.70 Å². The summed E-state index contributed by atoms with van der Waals surface area (Å²) in [5, 5.41) is 16.7. The van der Waals surface area contributed by atoms with Crippen molar-refractivity contribution in [1.82, 2.24) is 14.8 Å². The highest BCUT2D eigenvalue weighted by Crippen LogP contribution is 2.35. The molecule has 7 nitrogen and oxygen atoms in total. The topological polar surface area (TPSA) is 89.3 Å². The summed E-state index contributed by atoms with van der Waals surface area (Å²) in [6.07, 6.45) is 1.43. The fraction of sp³-hybridized carbons (Fsp3) is 0.267. The molecule has 1 aromatic carbocycles. The Kier molecular flexibility index (Phi) is 3.54. The maximum atomic E-state index is 12.4. The van der Waals surface area contributed by atoms with Gasteiger partial charge >= 0.3 is 5.97 Å². The molecule has 0 spiro atoms. The summed E-state index contributed by atoms with van der Waals surface area (Å²) in [7, 11) is 0. The number of carbonyl (C=O) groups excluding carboxylic acids is 1. The van der Waals surface area contributed by atoms with Gasteiger partial charge in [0.05, 0.1) is 12.2 Å². The molecule has 1 aliphatic heterocycles. The highest BCUT2D eigenvalue weighted by atomic mass is 16.5. The number of phenolic OH excluding ortho intramolecular Hbond substituents is 1. The first kappa shape index (κ1) is 14.1. The van der Waals surface area contributed by atoms with E-state index < -0.39 is 12.0 Å². The lowest BCUT2D eigenvalue weighted by Gasteiger charge is -2.28. The maximum Gasteiger partial charge on any atom is 0.338 e. The van der Waals surface area contributed by atoms with Crippen molar-refractivity contribution < 1.29 is 14.6 Å². The average Bonchev–Trinajstić information content (AvgIpc) is 2.94. The van der Waals surface area contributed by atoms with E-state index in [4.69, 9.17) is 4.74 Å². The predicted octanol–water partition coefficient (Wildman–Crippen LogP) is 1.84. The normalized spacial score (nSPS) is 16.9. The van der Waals surface area contributed by atoms with E-state index in [0.717, 1.165) is 5.56 Å². The molecule has 22 heavy (non-hydrogen) atoms. The molecule has 0 bridgehead atoms. The Hall–Kier alpha value is -2.83. The van der Waals surface area contributed by atoms with Crippen LogP contribution in [0, 0.1) is 0 Å². The van der Waals surface area contributed by atoms with Crippen molar-refractivity contribution in [2.75, 3.05) is 11.9 Å². The lowest BCUT2D eigenvalue weighted by molar-refractivity contribution is -0.139. The Morgan fingerprint density at radius 1 is 1.41 bits per heavy atom. The molecule has 0 saturated heterocycles. The van der Waals surface area contributed by atoms with Crippen molar-refractivity contribution in [2.24, 2.45) is 0 Å². The number of fused-ring (bicyclic) bond motifs is 1. The highest BCUT2D eigenvalue weighted by Gasteiger charge is 2.34. The third kappa shape index (κ3) is 2.30. The number of aromatic nitrogens is 3. The minimum atomic E-state index is -0.446. The molecule has 1 aromatic heterocycles. The second-order valence-electron chi connectivity index (χ2n) is 4.91. The molecule has 1 atom stereocenters. The molecule has 2 N–H and O–H groups in total. The van der Waals surface area contributed by atoms with Crippen LogP contribution in [0.5, 0.6) is 5.75 Å². The Morgan fingerprint density at radius 3 is 2.82 bits per heavy atom. The molecule has 2 heterocycles. The summed E-state index contributed by atoms with van der Waals surface area (Å²) < 4.78 is 6.80. The van der Waals surface area contributed by atoms with Crippen LogP contribution in [0.15, 0.2) is 41.9 Å². The van der Waals surface area contributed by atoms with Crippen LogP contribution in [0.3, 0.4) is 0 Å². The minimum Gasteiger partial charge on any atom is -0.508 e. The second-order valence-corrected chi connectivity index (χ2v) is 4.91. The van der Waals surface area contributed by atoms with Gasteiger partial charge in [0.25, 0.3) is 0 Å². The summed E-state index contributed by atoms with van der Waals surface area (Å²) in [6, 6.07) is 6.21. The van der Waals surface area contributed by atoms with Crippen LogP contribution in [0.25, 0.3) is 0 Å². The number of benzene rings is 1. The summed E-state index contributed by atoms with van der Waals surface area (Å²) in [4.78, 5) is 16.5. The Bertz CT molecular complexity index is 734. The number of carbonyl (C=O) groups is 1. The van der Waals surface area contributed by atoms with Crippen LogP contribution >= 0.6 is 0 Å². The van der Waals surface area contributed by atoms with E-state index in [9.17, 15) is 9.90 Å². The third-order valence-electron chi connectivity index (χ3n) is 3.50. The van der Waals surface area contributed by atoms with Crippen LogP contribution in [0.1, 0.15) is 25.5 Å². The van der Waals surface area contributed by atoms with E-state index in [1.165, 1.54) is 6.33 Å². The monoisotopic (exact) mass is 300 g/mol. The van der Waals surface area contributed by atoms with Crippen molar-refractivity contribution in [1.29, 1.82) is 0 Å². The van der Waals surface area contributed by atoms with Gasteiger partial charge in [-0.3, -0.25) is 0 Å². The molecule has 0 radical (unpaired) electrons. The Morgan fingerprint density at radius 2 is 2.14 bits per heavy atom. The van der Waals surface area contributed by atoms with E-state index in [-0.39, 0.29) is 5.75 Å². The first-order chi connectivity index (χ1) is 10.6. The van der Waals surface area contributed by atoms with E-state index in [0.29, 0.717) is 23.8 Å². The van der Waals surface area contributed by atoms with Gasteiger partial charge < -0.3 is 15.2 Å². The van der Waals surface area contributed by atoms with Crippen molar-refractivity contribution in [2.45, 2.75) is 19.9 Å². The first-order valence-electron chi connectivity index (χ1n) is 6.95. The fourth-order valence-corrected chi connectivity index (χ4v) is 2.53. The zero-order valence-corrected chi connectivity index (χ0v) is 12.3. The van der Waals surface area contributed by atoms with E-state index in [2.05, 4.69) is 15.4 Å². The largest absolute Gasteiger partial charge is 0.508 e. The molecular formula is C15H16N4O3. The van der Waals surface area contributed by atoms with Gasteiger partial charge in [-0.1, -0.05) is 12.1 Å². The summed E-state index contributed by atoms with van der Waals surface area (Å²) >= 11 is 0. The average molecular weight is 300 g/mol. The fourth-order valence-electron chi connectivity index (χ4n) is 2.53. The van der Waals surface area contributed by atoms with Gasteiger partial charge in [0.2, 0.25) is 5.95 Å². The smallest absolute Gasteiger partial charge is 0.338 e. The van der Waals surface area contributed by atoms with Gasteiger partial charge in [0.15, 0.2) is 0 Å². The lowest BCUT2D eigenvalue weighted by atomic mass is 9.96. The molecular weight excluding hydrogens is 284 g/mol. The SMILES string of the molecule is CCOC(=O)C1=C(C)Nc2ncnn2[C@@H]1c1ccc(O)cc1. The number of aromatic hydroxyl groups is 1. The molecule has 2 aromatic rings. The van der Waals surface area contributed by atoms with E-state index in [1.54, 1.807) is 42.8 Å². The number of hydrogen-bond acceptors (Lipinski definition) is 6. The number of nitrogens with zero attached hydrogens (tertiary/aromatic N) is 3. The van der Waals surface area contributed by atoms with Gasteiger partial charge in [-0.15, -0.1) is 0 Å². The molecule has 114 valence electrons. The van der Waals surface area contributed by atoms with Crippen molar-refractivity contribution in [3.8, 4) is 5.75 Å². The molecule has 0 saturated carbocycles. The quantitative estimate of drug-likeness (QED) is 0.841. The number of ether oxygens (including phenoxy) is 1. The number of allylic oxidation sites excluding steroid dienone is 1. The van der Waals surface area contributed by atoms with Crippen molar-refractivity contribution >= 4 is 11.9 Å². The van der Waals surface area contributed by atoms with Gasteiger partial charge in [-0.25, -0.2) is 9.48 Å². The zero-order chi connectivity index (χ0) is 15.7. The molecule has 1 aliphatic rings. The second kappa shape index (κ2) is 5.51.